The smallest absolute Gasteiger partial charge is 0.309 e. The van der Waals surface area contributed by atoms with Crippen LogP contribution in [0.5, 0.6) is 0 Å². The number of carbonyl (C=O) groups is 3. The van der Waals surface area contributed by atoms with Crippen molar-refractivity contribution in [3.63, 3.8) is 0 Å². The van der Waals surface area contributed by atoms with Crippen LogP contribution in [0.1, 0.15) is 98.3 Å². The van der Waals surface area contributed by atoms with Crippen molar-refractivity contribution in [3.05, 3.63) is 0 Å². The molecule has 0 aliphatic heterocycles. The third-order valence-corrected chi connectivity index (χ3v) is 4.28. The molecule has 6 heteroatoms. The van der Waals surface area contributed by atoms with Gasteiger partial charge in [-0.1, -0.05) is 59.8 Å². The highest BCUT2D eigenvalue weighted by Gasteiger charge is 2.21. The van der Waals surface area contributed by atoms with E-state index < -0.39 is 12.1 Å². The van der Waals surface area contributed by atoms with Gasteiger partial charge in [0.15, 0.2) is 0 Å². The van der Waals surface area contributed by atoms with Crippen molar-refractivity contribution in [2.45, 2.75) is 104 Å². The van der Waals surface area contributed by atoms with Crippen LogP contribution in [0.3, 0.4) is 0 Å². The minimum atomic E-state index is -0.789. The Bertz CT molecular complexity index is 433. The molecule has 1 unspecified atom stereocenters. The average molecular weight is 401 g/mol. The quantitative estimate of drug-likeness (QED) is 0.195. The van der Waals surface area contributed by atoms with E-state index >= 15 is 0 Å². The molecule has 0 bridgehead atoms. The minimum absolute atomic E-state index is 0.0923. The zero-order chi connectivity index (χ0) is 21.2. The lowest BCUT2D eigenvalue weighted by Crippen LogP contribution is -2.28. The van der Waals surface area contributed by atoms with Crippen molar-refractivity contribution >= 4 is 17.9 Å². The number of hydrogen-bond acceptors (Lipinski definition) is 6. The summed E-state index contributed by atoms with van der Waals surface area (Å²) < 4.78 is 15.7. The summed E-state index contributed by atoms with van der Waals surface area (Å²) in [5.74, 6) is -0.458. The molecular weight excluding hydrogens is 360 g/mol. The van der Waals surface area contributed by atoms with Crippen LogP contribution in [0.2, 0.25) is 0 Å². The first-order valence-electron chi connectivity index (χ1n) is 10.9. The fourth-order valence-corrected chi connectivity index (χ4v) is 2.54. The maximum Gasteiger partial charge on any atom is 0.309 e. The van der Waals surface area contributed by atoms with Crippen molar-refractivity contribution in [2.24, 2.45) is 5.92 Å². The predicted octanol–water partition coefficient (Wildman–Crippen LogP) is 4.97. The normalized spacial score (nSPS) is 11.9. The van der Waals surface area contributed by atoms with Crippen LogP contribution in [-0.4, -0.2) is 37.2 Å². The molecule has 0 aliphatic rings. The van der Waals surface area contributed by atoms with Gasteiger partial charge < -0.3 is 14.2 Å². The van der Waals surface area contributed by atoms with E-state index in [0.29, 0.717) is 25.4 Å². The molecule has 0 spiro atoms. The Morgan fingerprint density at radius 1 is 0.750 bits per heavy atom. The molecule has 0 fully saturated rings. The van der Waals surface area contributed by atoms with Gasteiger partial charge in [0.2, 0.25) is 0 Å². The molecule has 0 heterocycles. The first-order chi connectivity index (χ1) is 13.4. The molecule has 6 nitrogen and oxygen atoms in total. The maximum absolute atomic E-state index is 12.1. The lowest BCUT2D eigenvalue weighted by molar-refractivity contribution is -0.164. The van der Waals surface area contributed by atoms with Gasteiger partial charge in [0.1, 0.15) is 12.7 Å². The van der Waals surface area contributed by atoms with Crippen LogP contribution in [0, 0.1) is 5.92 Å². The molecule has 1 atom stereocenters. The zero-order valence-corrected chi connectivity index (χ0v) is 18.3. The van der Waals surface area contributed by atoms with Gasteiger partial charge in [-0.25, -0.2) is 0 Å². The molecule has 0 saturated carbocycles. The first kappa shape index (κ1) is 26.4. The molecule has 0 rings (SSSR count). The molecule has 0 aliphatic carbocycles. The molecular formula is C22H40O6. The largest absolute Gasteiger partial charge is 0.466 e. The van der Waals surface area contributed by atoms with E-state index in [1.165, 1.54) is 6.42 Å². The van der Waals surface area contributed by atoms with Crippen LogP contribution in [0.4, 0.5) is 0 Å². The fraction of sp³-hybridized carbons (Fsp3) is 0.864. The van der Waals surface area contributed by atoms with Crippen molar-refractivity contribution in [1.29, 1.82) is 0 Å². The summed E-state index contributed by atoms with van der Waals surface area (Å²) in [6.45, 7) is 8.62. The molecule has 0 N–H and O–H groups in total. The standard InChI is InChI=1S/C22H40O6/c1-5-7-13-20(23)27-17-19(28-21(24)14-8-6-2)16-22(25)26-15-11-9-10-12-18(3)4/h18-19H,5-17H2,1-4H3. The maximum atomic E-state index is 12.1. The van der Waals surface area contributed by atoms with Gasteiger partial charge in [0.05, 0.1) is 13.0 Å². The van der Waals surface area contributed by atoms with Crippen molar-refractivity contribution in [3.8, 4) is 0 Å². The molecule has 28 heavy (non-hydrogen) atoms. The summed E-state index contributed by atoms with van der Waals surface area (Å²) in [6, 6.07) is 0. The lowest BCUT2D eigenvalue weighted by atomic mass is 10.1. The van der Waals surface area contributed by atoms with E-state index in [1.54, 1.807) is 0 Å². The highest BCUT2D eigenvalue weighted by atomic mass is 16.6. The molecule has 0 saturated heterocycles. The molecule has 0 aromatic rings. The van der Waals surface area contributed by atoms with Gasteiger partial charge in [-0.05, 0) is 25.2 Å². The average Bonchev–Trinajstić information content (AvgIpc) is 2.65. The third kappa shape index (κ3) is 16.6. The SMILES string of the molecule is CCCCC(=O)OCC(CC(=O)OCCCCCC(C)C)OC(=O)CCCC. The van der Waals surface area contributed by atoms with Gasteiger partial charge in [0, 0.05) is 12.8 Å². The lowest BCUT2D eigenvalue weighted by Gasteiger charge is -2.17. The second-order valence-corrected chi connectivity index (χ2v) is 7.67. The van der Waals surface area contributed by atoms with E-state index in [9.17, 15) is 14.4 Å². The Hall–Kier alpha value is -1.59. The van der Waals surface area contributed by atoms with Crippen LogP contribution >= 0.6 is 0 Å². The molecule has 0 radical (unpaired) electrons. The van der Waals surface area contributed by atoms with Gasteiger partial charge in [0.25, 0.3) is 0 Å². The predicted molar refractivity (Wildman–Crippen MR) is 109 cm³/mol. The highest BCUT2D eigenvalue weighted by molar-refractivity contribution is 5.73. The zero-order valence-electron chi connectivity index (χ0n) is 18.3. The van der Waals surface area contributed by atoms with Gasteiger partial charge in [-0.2, -0.15) is 0 Å². The molecule has 164 valence electrons. The van der Waals surface area contributed by atoms with Crippen LogP contribution in [-0.2, 0) is 28.6 Å². The highest BCUT2D eigenvalue weighted by Crippen LogP contribution is 2.10. The van der Waals surface area contributed by atoms with Crippen LogP contribution in [0.25, 0.3) is 0 Å². The molecule has 0 aromatic carbocycles. The summed E-state index contributed by atoms with van der Waals surface area (Å²) in [7, 11) is 0. The number of ether oxygens (including phenoxy) is 3. The van der Waals surface area contributed by atoms with Crippen LogP contribution < -0.4 is 0 Å². The Labute approximate surface area is 170 Å². The monoisotopic (exact) mass is 400 g/mol. The summed E-state index contributed by atoms with van der Waals surface area (Å²) in [5, 5.41) is 0. The van der Waals surface area contributed by atoms with E-state index in [-0.39, 0.29) is 25.0 Å². The molecule has 0 aromatic heterocycles. The Morgan fingerprint density at radius 3 is 2.00 bits per heavy atom. The van der Waals surface area contributed by atoms with Gasteiger partial charge in [-0.15, -0.1) is 0 Å². The van der Waals surface area contributed by atoms with Crippen molar-refractivity contribution in [2.75, 3.05) is 13.2 Å². The summed E-state index contributed by atoms with van der Waals surface area (Å²) in [6.07, 6.45) is 7.14. The van der Waals surface area contributed by atoms with E-state index in [0.717, 1.165) is 44.9 Å². The fourth-order valence-electron chi connectivity index (χ4n) is 2.54. The summed E-state index contributed by atoms with van der Waals surface area (Å²) in [4.78, 5) is 35.6. The van der Waals surface area contributed by atoms with E-state index in [1.807, 2.05) is 13.8 Å². The minimum Gasteiger partial charge on any atom is -0.466 e. The number of carbonyl (C=O) groups excluding carboxylic acids is 3. The Kier molecular flexibility index (Phi) is 16.5. The molecule has 0 amide bonds. The van der Waals surface area contributed by atoms with Gasteiger partial charge >= 0.3 is 17.9 Å². The van der Waals surface area contributed by atoms with Crippen molar-refractivity contribution < 1.29 is 28.6 Å². The number of esters is 3. The topological polar surface area (TPSA) is 78.9 Å². The number of rotatable bonds is 17. The van der Waals surface area contributed by atoms with E-state index in [4.69, 9.17) is 14.2 Å². The Balaban J connectivity index is 4.30. The number of unbranched alkanes of at least 4 members (excludes halogenated alkanes) is 4. The van der Waals surface area contributed by atoms with Gasteiger partial charge in [-0.3, -0.25) is 14.4 Å². The second kappa shape index (κ2) is 17.5. The Morgan fingerprint density at radius 2 is 1.39 bits per heavy atom. The van der Waals surface area contributed by atoms with Crippen molar-refractivity contribution in [1.82, 2.24) is 0 Å². The van der Waals surface area contributed by atoms with Crippen LogP contribution in [0.15, 0.2) is 0 Å². The summed E-state index contributed by atoms with van der Waals surface area (Å²) >= 11 is 0. The second-order valence-electron chi connectivity index (χ2n) is 7.67. The van der Waals surface area contributed by atoms with E-state index in [2.05, 4.69) is 13.8 Å². The first-order valence-corrected chi connectivity index (χ1v) is 10.9. The third-order valence-electron chi connectivity index (χ3n) is 4.28. The summed E-state index contributed by atoms with van der Waals surface area (Å²) in [5.41, 5.74) is 0. The number of hydrogen-bond donors (Lipinski definition) is 0.